The van der Waals surface area contributed by atoms with Crippen molar-refractivity contribution in [1.82, 2.24) is 14.8 Å². The maximum atomic E-state index is 11.8. The molecule has 0 atom stereocenters. The standard InChI is InChI=1S/C19H22N4O3/c1-2-26-18(25)12-11-17(24)20-15-9-7-14(8-10-15)19-22-21-16-6-4-3-5-13-23(16)19/h7-12H,2-6,13H2,1H3,(H,20,24)/b12-11+. The van der Waals surface area contributed by atoms with Gasteiger partial charge in [0.1, 0.15) is 5.82 Å². The molecular formula is C19H22N4O3. The monoisotopic (exact) mass is 354 g/mol. The van der Waals surface area contributed by atoms with Gasteiger partial charge in [0.05, 0.1) is 6.61 Å². The summed E-state index contributed by atoms with van der Waals surface area (Å²) in [5.74, 6) is 0.980. The summed E-state index contributed by atoms with van der Waals surface area (Å²) >= 11 is 0. The summed E-state index contributed by atoms with van der Waals surface area (Å²) in [7, 11) is 0. The van der Waals surface area contributed by atoms with Gasteiger partial charge in [0.2, 0.25) is 5.91 Å². The van der Waals surface area contributed by atoms with Crippen LogP contribution in [0.25, 0.3) is 11.4 Å². The van der Waals surface area contributed by atoms with Crippen molar-refractivity contribution in [3.8, 4) is 11.4 Å². The Hall–Kier alpha value is -2.96. The number of carbonyl (C=O) groups excluding carboxylic acids is 2. The van der Waals surface area contributed by atoms with Crippen LogP contribution in [0.15, 0.2) is 36.4 Å². The van der Waals surface area contributed by atoms with E-state index in [9.17, 15) is 9.59 Å². The molecule has 0 fully saturated rings. The molecule has 1 amide bonds. The van der Waals surface area contributed by atoms with E-state index in [1.54, 1.807) is 6.92 Å². The summed E-state index contributed by atoms with van der Waals surface area (Å²) < 4.78 is 6.92. The zero-order valence-corrected chi connectivity index (χ0v) is 14.8. The molecule has 1 aromatic carbocycles. The van der Waals surface area contributed by atoms with Gasteiger partial charge in [-0.05, 0) is 44.0 Å². The van der Waals surface area contributed by atoms with Gasteiger partial charge in [0.15, 0.2) is 5.82 Å². The Morgan fingerprint density at radius 3 is 2.73 bits per heavy atom. The Morgan fingerprint density at radius 1 is 1.15 bits per heavy atom. The molecule has 7 nitrogen and oxygen atoms in total. The fourth-order valence-corrected chi connectivity index (χ4v) is 2.92. The highest BCUT2D eigenvalue weighted by Crippen LogP contribution is 2.23. The first-order valence-corrected chi connectivity index (χ1v) is 8.85. The topological polar surface area (TPSA) is 86.1 Å². The minimum atomic E-state index is -0.537. The second-order valence-corrected chi connectivity index (χ2v) is 6.05. The van der Waals surface area contributed by atoms with Crippen LogP contribution in [-0.2, 0) is 27.3 Å². The van der Waals surface area contributed by atoms with Gasteiger partial charge >= 0.3 is 5.97 Å². The molecule has 3 rings (SSSR count). The summed E-state index contributed by atoms with van der Waals surface area (Å²) in [5, 5.41) is 11.3. The second kappa shape index (κ2) is 8.42. The fourth-order valence-electron chi connectivity index (χ4n) is 2.92. The molecule has 136 valence electrons. The molecule has 1 aliphatic heterocycles. The molecule has 1 aliphatic rings. The number of hydrogen-bond donors (Lipinski definition) is 1. The molecule has 1 N–H and O–H groups in total. The Kier molecular flexibility index (Phi) is 5.78. The predicted molar refractivity (Wildman–Crippen MR) is 97.4 cm³/mol. The van der Waals surface area contributed by atoms with Crippen molar-refractivity contribution >= 4 is 17.6 Å². The van der Waals surface area contributed by atoms with E-state index in [4.69, 9.17) is 4.74 Å². The largest absolute Gasteiger partial charge is 0.463 e. The van der Waals surface area contributed by atoms with Crippen LogP contribution in [0, 0.1) is 0 Å². The Labute approximate surface area is 152 Å². The smallest absolute Gasteiger partial charge is 0.330 e. The van der Waals surface area contributed by atoms with Gasteiger partial charge in [-0.3, -0.25) is 4.79 Å². The molecule has 26 heavy (non-hydrogen) atoms. The lowest BCUT2D eigenvalue weighted by atomic mass is 10.2. The highest BCUT2D eigenvalue weighted by molar-refractivity contribution is 6.02. The molecule has 0 bridgehead atoms. The molecule has 1 aromatic heterocycles. The SMILES string of the molecule is CCOC(=O)/C=C/C(=O)Nc1ccc(-c2nnc3n2CCCCC3)cc1. The zero-order chi connectivity index (χ0) is 18.4. The van der Waals surface area contributed by atoms with Crippen LogP contribution in [-0.4, -0.2) is 33.2 Å². The lowest BCUT2D eigenvalue weighted by molar-refractivity contribution is -0.137. The van der Waals surface area contributed by atoms with Crippen molar-refractivity contribution in [3.63, 3.8) is 0 Å². The lowest BCUT2D eigenvalue weighted by Gasteiger charge is -2.08. The molecule has 7 heteroatoms. The van der Waals surface area contributed by atoms with Crippen LogP contribution in [0.2, 0.25) is 0 Å². The number of carbonyl (C=O) groups is 2. The van der Waals surface area contributed by atoms with E-state index in [2.05, 4.69) is 20.1 Å². The third kappa shape index (κ3) is 4.36. The van der Waals surface area contributed by atoms with E-state index >= 15 is 0 Å². The number of benzene rings is 1. The molecule has 0 aliphatic carbocycles. The quantitative estimate of drug-likeness (QED) is 0.659. The van der Waals surface area contributed by atoms with E-state index < -0.39 is 5.97 Å². The van der Waals surface area contributed by atoms with Crippen LogP contribution in [0.1, 0.15) is 32.0 Å². The number of anilines is 1. The van der Waals surface area contributed by atoms with E-state index in [-0.39, 0.29) is 12.5 Å². The van der Waals surface area contributed by atoms with Gasteiger partial charge in [-0.25, -0.2) is 4.79 Å². The van der Waals surface area contributed by atoms with Crippen molar-refractivity contribution in [1.29, 1.82) is 0 Å². The first-order valence-electron chi connectivity index (χ1n) is 8.85. The van der Waals surface area contributed by atoms with Crippen LogP contribution in [0.5, 0.6) is 0 Å². The van der Waals surface area contributed by atoms with Crippen molar-refractivity contribution in [2.45, 2.75) is 39.2 Å². The van der Waals surface area contributed by atoms with Gasteiger partial charge in [0, 0.05) is 36.4 Å². The summed E-state index contributed by atoms with van der Waals surface area (Å²) in [5.41, 5.74) is 1.61. The van der Waals surface area contributed by atoms with E-state index in [1.165, 1.54) is 6.42 Å². The van der Waals surface area contributed by atoms with Gasteiger partial charge in [0.25, 0.3) is 0 Å². The van der Waals surface area contributed by atoms with Crippen molar-refractivity contribution in [2.24, 2.45) is 0 Å². The minimum Gasteiger partial charge on any atom is -0.463 e. The van der Waals surface area contributed by atoms with Gasteiger partial charge in [-0.15, -0.1) is 10.2 Å². The molecule has 0 saturated heterocycles. The predicted octanol–water partition coefficient (Wildman–Crippen LogP) is 2.73. The minimum absolute atomic E-state index is 0.276. The van der Waals surface area contributed by atoms with Gasteiger partial charge in [-0.1, -0.05) is 6.42 Å². The Bertz CT molecular complexity index is 809. The number of hydrogen-bond acceptors (Lipinski definition) is 5. The normalized spacial score (nSPS) is 13.9. The Morgan fingerprint density at radius 2 is 1.96 bits per heavy atom. The molecular weight excluding hydrogens is 332 g/mol. The first kappa shape index (κ1) is 17.8. The van der Waals surface area contributed by atoms with E-state index in [0.717, 1.165) is 55.2 Å². The molecule has 0 saturated carbocycles. The third-order valence-corrected chi connectivity index (χ3v) is 4.18. The van der Waals surface area contributed by atoms with Crippen LogP contribution >= 0.6 is 0 Å². The number of nitrogens with zero attached hydrogens (tertiary/aromatic N) is 3. The number of aromatic nitrogens is 3. The van der Waals surface area contributed by atoms with Crippen LogP contribution in [0.3, 0.4) is 0 Å². The molecule has 0 spiro atoms. The number of amides is 1. The first-order chi connectivity index (χ1) is 12.7. The zero-order valence-electron chi connectivity index (χ0n) is 14.8. The number of aryl methyl sites for hydroxylation is 1. The van der Waals surface area contributed by atoms with Gasteiger partial charge in [-0.2, -0.15) is 0 Å². The maximum absolute atomic E-state index is 11.8. The molecule has 2 aromatic rings. The van der Waals surface area contributed by atoms with Crippen molar-refractivity contribution in [3.05, 3.63) is 42.2 Å². The average Bonchev–Trinajstić information content (AvgIpc) is 2.89. The van der Waals surface area contributed by atoms with Crippen LogP contribution in [0.4, 0.5) is 5.69 Å². The summed E-state index contributed by atoms with van der Waals surface area (Å²) in [6, 6.07) is 7.44. The summed E-state index contributed by atoms with van der Waals surface area (Å²) in [6.45, 7) is 2.93. The second-order valence-electron chi connectivity index (χ2n) is 6.05. The number of fused-ring (bicyclic) bond motifs is 1. The van der Waals surface area contributed by atoms with E-state index in [1.807, 2.05) is 24.3 Å². The highest BCUT2D eigenvalue weighted by atomic mass is 16.5. The average molecular weight is 354 g/mol. The maximum Gasteiger partial charge on any atom is 0.330 e. The number of esters is 1. The highest BCUT2D eigenvalue weighted by Gasteiger charge is 2.15. The van der Waals surface area contributed by atoms with Crippen LogP contribution < -0.4 is 5.32 Å². The van der Waals surface area contributed by atoms with Crippen molar-refractivity contribution in [2.75, 3.05) is 11.9 Å². The fraction of sp³-hybridized carbons (Fsp3) is 0.368. The van der Waals surface area contributed by atoms with E-state index in [0.29, 0.717) is 5.69 Å². The number of ether oxygens (including phenoxy) is 1. The van der Waals surface area contributed by atoms with Gasteiger partial charge < -0.3 is 14.6 Å². The number of nitrogens with one attached hydrogen (secondary N) is 1. The molecule has 0 unspecified atom stereocenters. The molecule has 2 heterocycles. The number of rotatable bonds is 5. The third-order valence-electron chi connectivity index (χ3n) is 4.18. The summed E-state index contributed by atoms with van der Waals surface area (Å²) in [4.78, 5) is 23.0. The lowest BCUT2D eigenvalue weighted by Crippen LogP contribution is -2.09. The molecule has 0 radical (unpaired) electrons. The summed E-state index contributed by atoms with van der Waals surface area (Å²) in [6.07, 6.45) is 6.74. The Balaban J connectivity index is 1.67. The van der Waals surface area contributed by atoms with Crippen molar-refractivity contribution < 1.29 is 14.3 Å².